The summed E-state index contributed by atoms with van der Waals surface area (Å²) in [5.74, 6) is 0.988. The van der Waals surface area contributed by atoms with Gasteiger partial charge in [-0.1, -0.05) is 65.8 Å². The molecule has 2 nitrogen and oxygen atoms in total. The molecule has 0 unspecified atom stereocenters. The van der Waals surface area contributed by atoms with Crippen LogP contribution in [0.15, 0.2) is 24.3 Å². The van der Waals surface area contributed by atoms with Crippen molar-refractivity contribution < 1.29 is 9.22 Å². The van der Waals surface area contributed by atoms with Crippen LogP contribution in [0.1, 0.15) is 84.3 Å². The number of hydrogen-bond acceptors (Lipinski definition) is 2. The number of Topliss-reactive ketones (excluding diaryl/α,β-unsaturated/α-hetero) is 1. The Balaban J connectivity index is 2.04. The zero-order valence-corrected chi connectivity index (χ0v) is 18.0. The molecule has 3 heteroatoms. The van der Waals surface area contributed by atoms with Crippen LogP contribution in [0.5, 0.6) is 0 Å². The van der Waals surface area contributed by atoms with Crippen LogP contribution in [0.4, 0.5) is 0 Å². The van der Waals surface area contributed by atoms with Gasteiger partial charge in [0.2, 0.25) is 8.32 Å². The van der Waals surface area contributed by atoms with Crippen molar-refractivity contribution in [3.63, 3.8) is 0 Å². The van der Waals surface area contributed by atoms with Gasteiger partial charge in [-0.2, -0.15) is 0 Å². The normalized spacial score (nSPS) is 17.1. The molecule has 1 aliphatic rings. The van der Waals surface area contributed by atoms with E-state index in [4.69, 9.17) is 4.43 Å². The number of benzene rings is 1. The molecule has 2 rings (SSSR count). The standard InChI is InChI=1S/C22H36O2Si/c1-16(2)25(17(3)4,18(5)6)24-15-19-7-9-20(10-8-19)21-11-13-22(23)14-12-21/h7-10,16-18,21H,11-15H2,1-6H3. The van der Waals surface area contributed by atoms with Gasteiger partial charge in [0.15, 0.2) is 0 Å². The fraction of sp³-hybridized carbons (Fsp3) is 0.682. The van der Waals surface area contributed by atoms with Crippen LogP contribution < -0.4 is 0 Å². The number of carbonyl (C=O) groups excluding carboxylic acids is 1. The van der Waals surface area contributed by atoms with Crippen molar-refractivity contribution in [2.45, 2.75) is 96.4 Å². The summed E-state index contributed by atoms with van der Waals surface area (Å²) in [6.07, 6.45) is 3.53. The van der Waals surface area contributed by atoms with Gasteiger partial charge in [-0.05, 0) is 46.5 Å². The highest BCUT2D eigenvalue weighted by molar-refractivity contribution is 6.77. The maximum Gasteiger partial charge on any atom is 0.200 e. The molecule has 0 radical (unpaired) electrons. The molecule has 25 heavy (non-hydrogen) atoms. The van der Waals surface area contributed by atoms with Crippen LogP contribution in [-0.2, 0) is 15.8 Å². The predicted molar refractivity (Wildman–Crippen MR) is 108 cm³/mol. The minimum absolute atomic E-state index is 0.429. The molecule has 1 aliphatic carbocycles. The maximum atomic E-state index is 11.4. The van der Waals surface area contributed by atoms with Crippen molar-refractivity contribution in [3.8, 4) is 0 Å². The lowest BCUT2D eigenvalue weighted by atomic mass is 9.83. The van der Waals surface area contributed by atoms with Gasteiger partial charge in [0.25, 0.3) is 0 Å². The van der Waals surface area contributed by atoms with Crippen molar-refractivity contribution >= 4 is 14.1 Å². The second-order valence-electron chi connectivity index (χ2n) is 8.66. The van der Waals surface area contributed by atoms with E-state index in [0.717, 1.165) is 32.3 Å². The van der Waals surface area contributed by atoms with Crippen LogP contribution in [0.3, 0.4) is 0 Å². The lowest BCUT2D eigenvalue weighted by molar-refractivity contribution is -0.120. The van der Waals surface area contributed by atoms with E-state index >= 15 is 0 Å². The van der Waals surface area contributed by atoms with Gasteiger partial charge in [-0.15, -0.1) is 0 Å². The summed E-state index contributed by atoms with van der Waals surface area (Å²) in [5, 5.41) is 0. The Morgan fingerprint density at radius 3 is 1.84 bits per heavy atom. The van der Waals surface area contributed by atoms with Crippen LogP contribution in [0, 0.1) is 0 Å². The van der Waals surface area contributed by atoms with Crippen molar-refractivity contribution in [1.29, 1.82) is 0 Å². The van der Waals surface area contributed by atoms with Gasteiger partial charge in [0.1, 0.15) is 5.78 Å². The topological polar surface area (TPSA) is 26.3 Å². The Hall–Kier alpha value is -0.933. The molecule has 0 atom stereocenters. The fourth-order valence-corrected chi connectivity index (χ4v) is 10.3. The molecule has 1 aromatic rings. The summed E-state index contributed by atoms with van der Waals surface area (Å²) in [5.41, 5.74) is 4.51. The Labute approximate surface area is 155 Å². The highest BCUT2D eigenvalue weighted by Crippen LogP contribution is 2.42. The van der Waals surface area contributed by atoms with Gasteiger partial charge in [0, 0.05) is 12.8 Å². The van der Waals surface area contributed by atoms with Crippen LogP contribution in [0.25, 0.3) is 0 Å². The molecule has 0 amide bonds. The maximum absolute atomic E-state index is 11.4. The number of ketones is 1. The third-order valence-corrected chi connectivity index (χ3v) is 12.2. The first-order valence-electron chi connectivity index (χ1n) is 10.0. The van der Waals surface area contributed by atoms with E-state index in [0.29, 0.717) is 28.3 Å². The SMILES string of the molecule is CC(C)[Si](OCc1ccc(C2CCC(=O)CC2)cc1)(C(C)C)C(C)C. The highest BCUT2D eigenvalue weighted by Gasteiger charge is 2.44. The molecule has 1 fully saturated rings. The quantitative estimate of drug-likeness (QED) is 0.512. The molecular weight excluding hydrogens is 324 g/mol. The smallest absolute Gasteiger partial charge is 0.200 e. The summed E-state index contributed by atoms with van der Waals surface area (Å²) in [7, 11) is -1.80. The summed E-state index contributed by atoms with van der Waals surface area (Å²) in [6.45, 7) is 14.7. The van der Waals surface area contributed by atoms with Crippen molar-refractivity contribution in [2.75, 3.05) is 0 Å². The van der Waals surface area contributed by atoms with Crippen molar-refractivity contribution in [1.82, 2.24) is 0 Å². The zero-order chi connectivity index (χ0) is 18.6. The fourth-order valence-electron chi connectivity index (χ4n) is 4.87. The van der Waals surface area contributed by atoms with E-state index < -0.39 is 8.32 Å². The Morgan fingerprint density at radius 1 is 0.920 bits per heavy atom. The second-order valence-corrected chi connectivity index (χ2v) is 14.1. The van der Waals surface area contributed by atoms with Crippen LogP contribution in [0.2, 0.25) is 16.6 Å². The predicted octanol–water partition coefficient (Wildman–Crippen LogP) is 6.61. The highest BCUT2D eigenvalue weighted by atomic mass is 28.4. The zero-order valence-electron chi connectivity index (χ0n) is 17.0. The molecule has 1 saturated carbocycles. The second kappa shape index (κ2) is 8.63. The average Bonchev–Trinajstić information content (AvgIpc) is 2.56. The van der Waals surface area contributed by atoms with E-state index in [2.05, 4.69) is 65.8 Å². The average molecular weight is 361 g/mol. The molecule has 0 saturated heterocycles. The first kappa shape index (κ1) is 20.4. The van der Waals surface area contributed by atoms with E-state index in [9.17, 15) is 4.79 Å². The molecule has 140 valence electrons. The number of hydrogen-bond donors (Lipinski definition) is 0. The molecule has 0 N–H and O–H groups in total. The van der Waals surface area contributed by atoms with Gasteiger partial charge in [-0.3, -0.25) is 4.79 Å². The Bertz CT molecular complexity index is 528. The van der Waals surface area contributed by atoms with Gasteiger partial charge >= 0.3 is 0 Å². The molecule has 1 aromatic carbocycles. The molecule has 0 bridgehead atoms. The molecule has 0 aliphatic heterocycles. The number of rotatable bonds is 7. The van der Waals surface area contributed by atoms with Crippen molar-refractivity contribution in [2.24, 2.45) is 0 Å². The Morgan fingerprint density at radius 2 is 1.40 bits per heavy atom. The molecular formula is C22H36O2Si. The lowest BCUT2D eigenvalue weighted by Gasteiger charge is -2.42. The van der Waals surface area contributed by atoms with Gasteiger partial charge in [0.05, 0.1) is 6.61 Å². The van der Waals surface area contributed by atoms with E-state index in [1.165, 1.54) is 11.1 Å². The lowest BCUT2D eigenvalue weighted by Crippen LogP contribution is -2.47. The molecule has 0 aromatic heterocycles. The first-order chi connectivity index (χ1) is 11.8. The van der Waals surface area contributed by atoms with E-state index in [1.807, 2.05) is 0 Å². The summed E-state index contributed by atoms with van der Waals surface area (Å²) in [6, 6.07) is 8.96. The minimum atomic E-state index is -1.80. The summed E-state index contributed by atoms with van der Waals surface area (Å²) >= 11 is 0. The van der Waals surface area contributed by atoms with Crippen LogP contribution >= 0.6 is 0 Å². The first-order valence-corrected chi connectivity index (χ1v) is 12.2. The number of carbonyl (C=O) groups is 1. The monoisotopic (exact) mass is 360 g/mol. The summed E-state index contributed by atoms with van der Waals surface area (Å²) < 4.78 is 6.69. The molecule has 0 heterocycles. The Kier molecular flexibility index (Phi) is 7.04. The van der Waals surface area contributed by atoms with E-state index in [-0.39, 0.29) is 0 Å². The van der Waals surface area contributed by atoms with Crippen molar-refractivity contribution in [3.05, 3.63) is 35.4 Å². The largest absolute Gasteiger partial charge is 0.412 e. The molecule has 0 spiro atoms. The van der Waals surface area contributed by atoms with E-state index in [1.54, 1.807) is 0 Å². The van der Waals surface area contributed by atoms with Gasteiger partial charge < -0.3 is 4.43 Å². The minimum Gasteiger partial charge on any atom is -0.412 e. The third kappa shape index (κ3) is 4.62. The van der Waals surface area contributed by atoms with Gasteiger partial charge in [-0.25, -0.2) is 0 Å². The third-order valence-electron chi connectivity index (χ3n) is 6.19. The summed E-state index contributed by atoms with van der Waals surface area (Å²) in [4.78, 5) is 11.4. The van der Waals surface area contributed by atoms with Crippen LogP contribution in [-0.4, -0.2) is 14.1 Å².